The number of nitrogens with one attached hydrogen (secondary N) is 6. The van der Waals surface area contributed by atoms with Crippen LogP contribution in [0.2, 0.25) is 0 Å². The Kier molecular flexibility index (Phi) is 23.0. The van der Waals surface area contributed by atoms with Crippen molar-refractivity contribution in [3.05, 3.63) is 35.9 Å². The lowest BCUT2D eigenvalue weighted by atomic mass is 9.77. The minimum atomic E-state index is -1.70. The zero-order valence-electron chi connectivity index (χ0n) is 41.5. The minimum Gasteiger partial charge on any atom is -0.481 e. The molecule has 4 rings (SSSR count). The van der Waals surface area contributed by atoms with Crippen LogP contribution < -0.4 is 43.4 Å². The fourth-order valence-electron chi connectivity index (χ4n) is 9.24. The summed E-state index contributed by atoms with van der Waals surface area (Å²) in [6.45, 7) is 5.43. The summed E-state index contributed by atoms with van der Waals surface area (Å²) in [5.41, 5.74) is 11.9. The maximum absolute atomic E-state index is 15.7. The number of thioether (sulfide) groups is 2. The molecule has 2 heterocycles. The number of carboxylic acid groups (broad SMARTS) is 2. The number of rotatable bonds is 26. The third kappa shape index (κ3) is 16.1. The average molecular weight is 1060 g/mol. The molecule has 1 saturated carbocycles. The molecule has 5 unspecified atom stereocenters. The number of hydrogen-bond donors (Lipinski definition) is 10. The Bertz CT molecular complexity index is 2220. The molecular weight excluding hydrogens is 991 g/mol. The van der Waals surface area contributed by atoms with Crippen molar-refractivity contribution in [1.82, 2.24) is 36.8 Å². The van der Waals surface area contributed by atoms with Crippen molar-refractivity contribution >= 4 is 94.3 Å². The summed E-state index contributed by atoms with van der Waals surface area (Å²) in [4.78, 5) is 164. The van der Waals surface area contributed by atoms with Gasteiger partial charge in [-0.15, -0.1) is 23.5 Å². The monoisotopic (exact) mass is 1060 g/mol. The summed E-state index contributed by atoms with van der Waals surface area (Å²) in [5, 5.41) is 34.4. The van der Waals surface area contributed by atoms with E-state index in [4.69, 9.17) is 11.5 Å². The van der Waals surface area contributed by atoms with E-state index in [0.717, 1.165) is 13.3 Å². The van der Waals surface area contributed by atoms with Crippen LogP contribution in [0, 0.1) is 17.8 Å². The summed E-state index contributed by atoms with van der Waals surface area (Å²) < 4.78 is -1.08. The first-order valence-corrected chi connectivity index (χ1v) is 26.5. The van der Waals surface area contributed by atoms with Crippen LogP contribution in [0.15, 0.2) is 30.3 Å². The topological polar surface area (TPSA) is 373 Å². The summed E-state index contributed by atoms with van der Waals surface area (Å²) in [6.07, 6.45) is 1.53. The van der Waals surface area contributed by atoms with E-state index in [2.05, 4.69) is 31.9 Å². The van der Waals surface area contributed by atoms with Crippen LogP contribution in [0.3, 0.4) is 0 Å². The van der Waals surface area contributed by atoms with Gasteiger partial charge in [0, 0.05) is 37.8 Å². The molecule has 402 valence electrons. The maximum atomic E-state index is 15.7. The van der Waals surface area contributed by atoms with Gasteiger partial charge in [0.05, 0.1) is 34.7 Å². The molecule has 0 bridgehead atoms. The van der Waals surface area contributed by atoms with Crippen LogP contribution in [0.5, 0.6) is 0 Å². The largest absolute Gasteiger partial charge is 0.481 e. The summed E-state index contributed by atoms with van der Waals surface area (Å²) in [5.74, 6) is -14.4. The Morgan fingerprint density at radius 3 is 1.89 bits per heavy atom. The van der Waals surface area contributed by atoms with E-state index in [-0.39, 0.29) is 29.8 Å². The summed E-state index contributed by atoms with van der Waals surface area (Å²) in [7, 11) is 0. The normalized spacial score (nSPS) is 19.8. The van der Waals surface area contributed by atoms with Gasteiger partial charge in [-0.1, -0.05) is 76.8 Å². The van der Waals surface area contributed by atoms with Crippen molar-refractivity contribution in [2.24, 2.45) is 29.2 Å². The third-order valence-corrected chi connectivity index (χ3v) is 16.5. The van der Waals surface area contributed by atoms with Crippen molar-refractivity contribution in [2.75, 3.05) is 24.6 Å². The number of benzene rings is 1. The number of ketones is 2. The van der Waals surface area contributed by atoms with Gasteiger partial charge in [-0.2, -0.15) is 0 Å². The Morgan fingerprint density at radius 1 is 0.781 bits per heavy atom. The first-order chi connectivity index (χ1) is 34.6. The quantitative estimate of drug-likeness (QED) is 0.0530. The summed E-state index contributed by atoms with van der Waals surface area (Å²) in [6, 6.07) is -2.85. The molecule has 1 aliphatic carbocycles. The number of carbonyl (C=O) groups is 12. The molecule has 1 aromatic carbocycles. The van der Waals surface area contributed by atoms with Gasteiger partial charge in [-0.25, -0.2) is 4.90 Å². The van der Waals surface area contributed by atoms with Gasteiger partial charge in [-0.3, -0.25) is 57.5 Å². The van der Waals surface area contributed by atoms with Crippen LogP contribution in [0.1, 0.15) is 110 Å². The minimum absolute atomic E-state index is 0.0131. The number of amides is 8. The molecule has 25 heteroatoms. The van der Waals surface area contributed by atoms with Crippen LogP contribution in [-0.2, 0) is 57.5 Å². The second-order valence-electron chi connectivity index (χ2n) is 18.7. The van der Waals surface area contributed by atoms with Crippen molar-refractivity contribution < 1.29 is 67.7 Å². The highest BCUT2D eigenvalue weighted by Gasteiger charge is 2.60. The Balaban J connectivity index is 1.76. The first kappa shape index (κ1) is 59.8. The molecule has 8 amide bonds. The lowest BCUT2D eigenvalue weighted by molar-refractivity contribution is -0.161. The van der Waals surface area contributed by atoms with Crippen molar-refractivity contribution in [2.45, 2.75) is 145 Å². The maximum Gasteiger partial charge on any atom is 0.305 e. The lowest BCUT2D eigenvalue weighted by Gasteiger charge is -2.38. The molecule has 0 aromatic heterocycles. The highest BCUT2D eigenvalue weighted by atomic mass is 32.2. The molecule has 1 aromatic rings. The lowest BCUT2D eigenvalue weighted by Crippen LogP contribution is -2.62. The van der Waals surface area contributed by atoms with Crippen LogP contribution in [0.25, 0.3) is 0 Å². The molecule has 73 heavy (non-hydrogen) atoms. The van der Waals surface area contributed by atoms with Gasteiger partial charge >= 0.3 is 17.8 Å². The fraction of sp³-hybridized carbons (Fsp3) is 0.625. The van der Waals surface area contributed by atoms with E-state index in [9.17, 15) is 58.2 Å². The smallest absolute Gasteiger partial charge is 0.305 e. The van der Waals surface area contributed by atoms with E-state index in [1.54, 1.807) is 39.0 Å². The molecular formula is C48H69N9O14S2. The molecule has 8 atom stereocenters. The standard InChI is InChI=1S/C48H69N9O14S2/c1-5-12-29(50)40(64)47(71)57(45(69)38(54-32(59)23-49)28-15-10-7-11-16-28)46(70)39-35(48(24-51-39)72-21-22-73-48)41(65)37(27-13-8-6-9-14-27)56-44(68)36(25(2)3)55-43(67)31(18-20-34(62)63)53-42(66)30(52-26(4)58)17-19-33(60)61/h7,10-11,15-16,25,27,29-31,35-39,51H,5-6,8-9,12-14,17-24,49-50H2,1-4H3,(H,52,58)(H,53,66)(H,54,59)(H,55,67)(H,56,68)(H,60,61)(H,62,63)/t29?,30-,31-,35?,36-,37?,38?,39?/m0/s1. The van der Waals surface area contributed by atoms with Gasteiger partial charge in [0.25, 0.3) is 11.8 Å². The van der Waals surface area contributed by atoms with E-state index in [0.29, 0.717) is 43.6 Å². The van der Waals surface area contributed by atoms with Gasteiger partial charge in [0.2, 0.25) is 35.3 Å². The highest BCUT2D eigenvalue weighted by molar-refractivity contribution is 8.21. The zero-order chi connectivity index (χ0) is 54.2. The molecule has 2 saturated heterocycles. The molecule has 3 fully saturated rings. The number of carbonyl (C=O) groups excluding carboxylic acids is 10. The van der Waals surface area contributed by atoms with Gasteiger partial charge in [-0.05, 0) is 49.5 Å². The van der Waals surface area contributed by atoms with Crippen molar-refractivity contribution in [1.29, 1.82) is 0 Å². The molecule has 0 radical (unpaired) electrons. The second kappa shape index (κ2) is 28.1. The number of nitrogens with zero attached hydrogens (tertiary/aromatic N) is 1. The molecule has 1 spiro atoms. The molecule has 3 aliphatic rings. The van der Waals surface area contributed by atoms with Crippen molar-refractivity contribution in [3.8, 4) is 0 Å². The van der Waals surface area contributed by atoms with Gasteiger partial charge < -0.3 is 53.6 Å². The number of Topliss-reactive ketones (excluding diaryl/α,β-unsaturated/α-hetero) is 2. The predicted molar refractivity (Wildman–Crippen MR) is 268 cm³/mol. The van der Waals surface area contributed by atoms with Gasteiger partial charge in [0.15, 0.2) is 5.78 Å². The zero-order valence-corrected chi connectivity index (χ0v) is 43.1. The Hall–Kier alpha value is -5.76. The van der Waals surface area contributed by atoms with E-state index in [1.807, 2.05) is 0 Å². The highest BCUT2D eigenvalue weighted by Crippen LogP contribution is 2.54. The number of aliphatic carboxylic acids is 2. The number of imide groups is 3. The molecule has 12 N–H and O–H groups in total. The van der Waals surface area contributed by atoms with Crippen LogP contribution >= 0.6 is 23.5 Å². The predicted octanol–water partition coefficient (Wildman–Crippen LogP) is -0.361. The Labute approximate surface area is 431 Å². The molecule has 23 nitrogen and oxygen atoms in total. The van der Waals surface area contributed by atoms with E-state index >= 15 is 9.59 Å². The average Bonchev–Trinajstić information content (AvgIpc) is 3.99. The molecule has 2 aliphatic heterocycles. The van der Waals surface area contributed by atoms with Crippen LogP contribution in [-0.4, -0.2) is 151 Å². The van der Waals surface area contributed by atoms with Gasteiger partial charge in [0.1, 0.15) is 24.2 Å². The van der Waals surface area contributed by atoms with Crippen molar-refractivity contribution in [3.63, 3.8) is 0 Å². The van der Waals surface area contributed by atoms with E-state index < -0.39 is 161 Å². The van der Waals surface area contributed by atoms with Crippen LogP contribution in [0.4, 0.5) is 0 Å². The summed E-state index contributed by atoms with van der Waals surface area (Å²) >= 11 is 2.76. The third-order valence-electron chi connectivity index (χ3n) is 13.0. The number of carboxylic acids is 2. The second-order valence-corrected chi connectivity index (χ2v) is 21.8. The van der Waals surface area contributed by atoms with E-state index in [1.165, 1.54) is 35.7 Å². The number of nitrogens with two attached hydrogens (primary N) is 2. The Morgan fingerprint density at radius 2 is 1.36 bits per heavy atom. The SMILES string of the molecule is CCCC(N)C(=O)C(=O)N(C(=O)C(NC(=O)CN)c1ccccc1)C(=O)C1NCC2(SCCS2)C1C(=O)C(NC(=O)[C@@H](NC(=O)[C@H](CCC(=O)O)NC(=O)[C@H](CCC(=O)O)NC(C)=O)C(C)C)C1CCCCC1. The fourth-order valence-corrected chi connectivity index (χ4v) is 12.7. The number of hydrogen-bond acceptors (Lipinski definition) is 17. The first-order valence-electron chi connectivity index (χ1n) is 24.5.